The molecule has 0 aliphatic carbocycles. The van der Waals surface area contributed by atoms with E-state index in [1.54, 1.807) is 0 Å². The van der Waals surface area contributed by atoms with Gasteiger partial charge in [-0.05, 0) is 12.1 Å². The molecule has 0 aliphatic rings. The maximum Gasteiger partial charge on any atom is 0.339 e. The van der Waals surface area contributed by atoms with E-state index in [0.717, 1.165) is 0 Å². The Kier molecular flexibility index (Phi) is 0.730. The number of rotatable bonds is 1. The highest BCUT2D eigenvalue weighted by Crippen LogP contribution is 2.14. The zero-order valence-electron chi connectivity index (χ0n) is 8.80. The van der Waals surface area contributed by atoms with E-state index in [0.29, 0.717) is 0 Å². The molecule has 0 aromatic heterocycles. The van der Waals surface area contributed by atoms with Crippen molar-refractivity contribution in [1.82, 2.24) is 0 Å². The fourth-order valence-electron chi connectivity index (χ4n) is 0.461. The molecule has 0 saturated carbocycles. The van der Waals surface area contributed by atoms with E-state index in [4.69, 9.17) is 15.7 Å². The van der Waals surface area contributed by atoms with Gasteiger partial charge in [-0.3, -0.25) is 0 Å². The third-order valence-electron chi connectivity index (χ3n) is 0.882. The number of aromatic carboxylic acids is 1. The van der Waals surface area contributed by atoms with Gasteiger partial charge in [0, 0.05) is 0 Å². The summed E-state index contributed by atoms with van der Waals surface area (Å²) in [6.45, 7) is 0. The van der Waals surface area contributed by atoms with Crippen LogP contribution in [0.15, 0.2) is 24.2 Å². The lowest BCUT2D eigenvalue weighted by molar-refractivity contribution is 0.0694. The number of hydrogen-bond donors (Lipinski definition) is 2. The first-order valence-corrected chi connectivity index (χ1v) is 2.40. The van der Waals surface area contributed by atoms with Gasteiger partial charge in [-0.25, -0.2) is 4.79 Å². The second kappa shape index (κ2) is 2.39. The molecule has 0 radical (unpaired) electrons. The zero-order valence-corrected chi connectivity index (χ0v) is 4.80. The molecule has 0 aliphatic heterocycles. The van der Waals surface area contributed by atoms with Gasteiger partial charge in [0.1, 0.15) is 11.3 Å². The first kappa shape index (κ1) is 3.05. The number of hydrogen-bond acceptors (Lipinski definition) is 2. The molecule has 1 rings (SSSR count). The van der Waals surface area contributed by atoms with Crippen LogP contribution in [-0.2, 0) is 0 Å². The summed E-state index contributed by atoms with van der Waals surface area (Å²) in [6, 6.07) is -2.83. The average Bonchev–Trinajstić information content (AvgIpc) is 2.11. The SMILES string of the molecule is [2H]c1c([2H])c([2H])c(C(=O)O)c(O)c1[2H]. The largest absolute Gasteiger partial charge is 0.507 e. The van der Waals surface area contributed by atoms with Gasteiger partial charge in [0.05, 0.1) is 5.48 Å². The van der Waals surface area contributed by atoms with Crippen molar-refractivity contribution < 1.29 is 20.5 Å². The first-order chi connectivity index (χ1) is 6.37. The highest BCUT2D eigenvalue weighted by molar-refractivity contribution is 5.90. The number of carboxylic acid groups (broad SMARTS) is 1. The number of phenols is 1. The molecule has 10 heavy (non-hydrogen) atoms. The minimum Gasteiger partial charge on any atom is -0.507 e. The molecule has 3 nitrogen and oxygen atoms in total. The Labute approximate surface area is 63.2 Å². The summed E-state index contributed by atoms with van der Waals surface area (Å²) in [6.07, 6.45) is 0. The Morgan fingerprint density at radius 3 is 2.70 bits per heavy atom. The molecule has 0 amide bonds. The molecule has 1 aromatic rings. The summed E-state index contributed by atoms with van der Waals surface area (Å²) in [7, 11) is 0. The molecule has 0 fully saturated rings. The summed E-state index contributed by atoms with van der Waals surface area (Å²) in [5.41, 5.74) is -0.809. The molecule has 3 heteroatoms. The lowest BCUT2D eigenvalue weighted by Crippen LogP contribution is -1.95. The number of para-hydroxylation sites is 1. The normalized spacial score (nSPS) is 14.8. The van der Waals surface area contributed by atoms with Gasteiger partial charge in [-0.1, -0.05) is 12.1 Å². The van der Waals surface area contributed by atoms with Crippen molar-refractivity contribution in [2.24, 2.45) is 0 Å². The molecule has 0 unspecified atom stereocenters. The van der Waals surface area contributed by atoms with Crippen molar-refractivity contribution in [1.29, 1.82) is 0 Å². The summed E-state index contributed by atoms with van der Waals surface area (Å²) in [4.78, 5) is 10.6. The lowest BCUT2D eigenvalue weighted by atomic mass is 10.2. The van der Waals surface area contributed by atoms with E-state index in [-0.39, 0.29) is 0 Å². The molecule has 0 saturated heterocycles. The summed E-state index contributed by atoms with van der Waals surface area (Å²) in [5.74, 6) is -2.53. The van der Waals surface area contributed by atoms with Crippen molar-refractivity contribution in [3.8, 4) is 5.75 Å². The van der Waals surface area contributed by atoms with Gasteiger partial charge in [-0.2, -0.15) is 0 Å². The van der Waals surface area contributed by atoms with Crippen LogP contribution in [0.5, 0.6) is 5.75 Å². The van der Waals surface area contributed by atoms with Gasteiger partial charge in [0.2, 0.25) is 0 Å². The van der Waals surface area contributed by atoms with Crippen LogP contribution in [0.2, 0.25) is 0 Å². The fraction of sp³-hybridized carbons (Fsp3) is 0. The van der Waals surface area contributed by atoms with E-state index >= 15 is 0 Å². The standard InChI is InChI=1S/C7H6O3/c8-6-4-2-1-3-5(6)7(9)10/h1-4,8H,(H,9,10)/i1D,2D,3D,4D. The van der Waals surface area contributed by atoms with Crippen LogP contribution in [0.3, 0.4) is 0 Å². The second-order valence-corrected chi connectivity index (χ2v) is 1.53. The highest BCUT2D eigenvalue weighted by Gasteiger charge is 2.05. The van der Waals surface area contributed by atoms with Crippen molar-refractivity contribution in [2.75, 3.05) is 0 Å². The Morgan fingerprint density at radius 2 is 2.10 bits per heavy atom. The molecule has 0 spiro atoms. The smallest absolute Gasteiger partial charge is 0.339 e. The van der Waals surface area contributed by atoms with E-state index in [2.05, 4.69) is 0 Å². The maximum atomic E-state index is 10.6. The third-order valence-corrected chi connectivity index (χ3v) is 0.882. The van der Waals surface area contributed by atoms with Gasteiger partial charge >= 0.3 is 5.97 Å². The van der Waals surface area contributed by atoms with Crippen molar-refractivity contribution >= 4 is 5.97 Å². The van der Waals surface area contributed by atoms with Gasteiger partial charge in [0.15, 0.2) is 0 Å². The molecule has 0 atom stereocenters. The van der Waals surface area contributed by atoms with Crippen molar-refractivity contribution in [3.63, 3.8) is 0 Å². The van der Waals surface area contributed by atoms with Gasteiger partial charge in [0.25, 0.3) is 0 Å². The second-order valence-electron chi connectivity index (χ2n) is 1.53. The fourth-order valence-corrected chi connectivity index (χ4v) is 0.461. The van der Waals surface area contributed by atoms with E-state index in [1.165, 1.54) is 0 Å². The van der Waals surface area contributed by atoms with Crippen LogP contribution in [-0.4, -0.2) is 16.2 Å². The van der Waals surface area contributed by atoms with Crippen LogP contribution < -0.4 is 0 Å². The van der Waals surface area contributed by atoms with Crippen LogP contribution in [0.4, 0.5) is 0 Å². The molecule has 1 aromatic carbocycles. The molecule has 0 bridgehead atoms. The number of carbonyl (C=O) groups is 1. The van der Waals surface area contributed by atoms with E-state index in [1.807, 2.05) is 0 Å². The van der Waals surface area contributed by atoms with Crippen LogP contribution in [0.1, 0.15) is 15.8 Å². The number of aromatic hydroxyl groups is 1. The Balaban J connectivity index is 3.68. The minimum atomic E-state index is -1.59. The minimum absolute atomic E-state index is 0.655. The molecule has 0 heterocycles. The zero-order chi connectivity index (χ0) is 11.0. The Hall–Kier alpha value is -1.51. The van der Waals surface area contributed by atoms with Gasteiger partial charge < -0.3 is 10.2 Å². The average molecular weight is 142 g/mol. The quantitative estimate of drug-likeness (QED) is 0.617. The Bertz CT molecular complexity index is 387. The van der Waals surface area contributed by atoms with E-state index in [9.17, 15) is 4.79 Å². The lowest BCUT2D eigenvalue weighted by Gasteiger charge is -1.95. The predicted octanol–water partition coefficient (Wildman–Crippen LogP) is 1.09. The predicted molar refractivity (Wildman–Crippen MR) is 35.1 cm³/mol. The molecular formula is C7H6O3. The number of carboxylic acids is 1. The van der Waals surface area contributed by atoms with E-state index < -0.39 is 41.5 Å². The molecular weight excluding hydrogens is 132 g/mol. The molecule has 2 N–H and O–H groups in total. The maximum absolute atomic E-state index is 10.6. The Morgan fingerprint density at radius 1 is 1.50 bits per heavy atom. The number of benzene rings is 1. The van der Waals surface area contributed by atoms with Crippen molar-refractivity contribution in [2.45, 2.75) is 0 Å². The van der Waals surface area contributed by atoms with Crippen molar-refractivity contribution in [3.05, 3.63) is 29.7 Å². The summed E-state index contributed by atoms with van der Waals surface area (Å²) in [5, 5.41) is 17.7. The van der Waals surface area contributed by atoms with Crippen LogP contribution >= 0.6 is 0 Å². The molecule has 52 valence electrons. The summed E-state index contributed by atoms with van der Waals surface area (Å²) >= 11 is 0. The first-order valence-electron chi connectivity index (χ1n) is 4.40. The summed E-state index contributed by atoms with van der Waals surface area (Å²) < 4.78 is 28.5. The highest BCUT2D eigenvalue weighted by atomic mass is 16.4. The topological polar surface area (TPSA) is 57.5 Å². The third kappa shape index (κ3) is 1.07. The van der Waals surface area contributed by atoms with Crippen LogP contribution in [0, 0.1) is 0 Å². The van der Waals surface area contributed by atoms with Gasteiger partial charge in [-0.15, -0.1) is 0 Å². The van der Waals surface area contributed by atoms with Crippen LogP contribution in [0.25, 0.3) is 0 Å². The monoisotopic (exact) mass is 142 g/mol.